The highest BCUT2D eigenvalue weighted by molar-refractivity contribution is 7.78. The molecule has 0 spiro atoms. The van der Waals surface area contributed by atoms with Gasteiger partial charge in [-0.3, -0.25) is 0 Å². The van der Waals surface area contributed by atoms with Gasteiger partial charge in [0.25, 0.3) is 0 Å². The topological polar surface area (TPSA) is 3.01 Å². The lowest BCUT2D eigenvalue weighted by molar-refractivity contribution is 0.624. The Morgan fingerprint density at radius 3 is 2.40 bits per heavy atom. The van der Waals surface area contributed by atoms with Crippen LogP contribution in [0.5, 0.6) is 0 Å². The van der Waals surface area contributed by atoms with Crippen LogP contribution in [-0.4, -0.2) is 4.31 Å². The van der Waals surface area contributed by atoms with Crippen LogP contribution < -0.4 is 0 Å². The summed E-state index contributed by atoms with van der Waals surface area (Å²) in [5.74, 6) is -0.406. The van der Waals surface area contributed by atoms with Crippen molar-refractivity contribution in [1.29, 1.82) is 0 Å². The fourth-order valence-corrected chi connectivity index (χ4v) is 3.37. The molecule has 2 aromatic carbocycles. The van der Waals surface area contributed by atoms with Gasteiger partial charge in [-0.15, -0.1) is 0 Å². The lowest BCUT2D eigenvalue weighted by Crippen LogP contribution is -2.06. The predicted molar refractivity (Wildman–Crippen MR) is 83.8 cm³/mol. The van der Waals surface area contributed by atoms with E-state index in [0.717, 1.165) is 11.1 Å². The number of benzene rings is 2. The molecule has 1 heterocycles. The van der Waals surface area contributed by atoms with Gasteiger partial charge in [-0.25, -0.2) is 8.70 Å². The molecule has 20 heavy (non-hydrogen) atoms. The van der Waals surface area contributed by atoms with Crippen molar-refractivity contribution in [2.24, 2.45) is 0 Å². The van der Waals surface area contributed by atoms with E-state index in [1.165, 1.54) is 6.07 Å². The molecule has 104 valence electrons. The Hall–Kier alpha value is -0.740. The Morgan fingerprint density at radius 2 is 1.80 bits per heavy atom. The maximum Gasteiger partial charge on any atom is 0.142 e. The standard InChI is InChI=1S/C15H12Cl2FNS/c1-15(10-3-5-11(16)6-4-10)14(19(15)20)9-2-7-12(17)13(18)8-9/h2-8,14,20H,1H3. The zero-order valence-corrected chi connectivity index (χ0v) is 13.1. The minimum absolute atomic E-state index is 0.0128. The van der Waals surface area contributed by atoms with Crippen LogP contribution in [0.2, 0.25) is 10.0 Å². The van der Waals surface area contributed by atoms with Gasteiger partial charge in [-0.05, 0) is 42.3 Å². The van der Waals surface area contributed by atoms with E-state index in [0.29, 0.717) is 5.02 Å². The highest BCUT2D eigenvalue weighted by Gasteiger charge is 2.59. The van der Waals surface area contributed by atoms with Crippen LogP contribution >= 0.6 is 36.0 Å². The summed E-state index contributed by atoms with van der Waals surface area (Å²) in [4.78, 5) is 0. The third-order valence-electron chi connectivity index (χ3n) is 3.87. The number of nitrogens with zero attached hydrogens (tertiary/aromatic N) is 1. The van der Waals surface area contributed by atoms with Crippen molar-refractivity contribution in [2.75, 3.05) is 0 Å². The van der Waals surface area contributed by atoms with Crippen molar-refractivity contribution in [3.8, 4) is 0 Å². The first kappa shape index (κ1) is 14.2. The van der Waals surface area contributed by atoms with Crippen LogP contribution in [0.1, 0.15) is 24.1 Å². The molecule has 0 amide bonds. The van der Waals surface area contributed by atoms with E-state index in [4.69, 9.17) is 23.2 Å². The second kappa shape index (κ2) is 4.92. The van der Waals surface area contributed by atoms with Gasteiger partial charge in [0.05, 0.1) is 16.6 Å². The fraction of sp³-hybridized carbons (Fsp3) is 0.200. The first-order chi connectivity index (χ1) is 9.44. The number of halogens is 3. The molecule has 3 rings (SSSR count). The molecule has 1 fully saturated rings. The summed E-state index contributed by atoms with van der Waals surface area (Å²) < 4.78 is 15.5. The summed E-state index contributed by atoms with van der Waals surface area (Å²) in [6, 6.07) is 12.5. The third-order valence-corrected chi connectivity index (χ3v) is 5.08. The van der Waals surface area contributed by atoms with Gasteiger partial charge < -0.3 is 0 Å². The maximum atomic E-state index is 13.6. The van der Waals surface area contributed by atoms with Crippen LogP contribution in [0, 0.1) is 5.82 Å². The highest BCUT2D eigenvalue weighted by atomic mass is 35.5. The van der Waals surface area contributed by atoms with Crippen LogP contribution in [0.4, 0.5) is 4.39 Å². The van der Waals surface area contributed by atoms with E-state index >= 15 is 0 Å². The van der Waals surface area contributed by atoms with Crippen LogP contribution in [0.3, 0.4) is 0 Å². The molecule has 2 aromatic rings. The minimum Gasteiger partial charge on any atom is -0.231 e. The number of hydrogen-bond donors (Lipinski definition) is 1. The summed E-state index contributed by atoms with van der Waals surface area (Å²) in [6.45, 7) is 2.07. The lowest BCUT2D eigenvalue weighted by atomic mass is 9.93. The molecular formula is C15H12Cl2FNS. The quantitative estimate of drug-likeness (QED) is 0.582. The summed E-state index contributed by atoms with van der Waals surface area (Å²) in [5.41, 5.74) is 1.69. The van der Waals surface area contributed by atoms with E-state index < -0.39 is 5.82 Å². The van der Waals surface area contributed by atoms with Gasteiger partial charge in [-0.2, -0.15) is 0 Å². The number of thiol groups is 1. The Bertz CT molecular complexity index is 661. The Morgan fingerprint density at radius 1 is 1.15 bits per heavy atom. The molecule has 1 saturated heterocycles. The molecule has 0 N–H and O–H groups in total. The molecule has 1 nitrogen and oxygen atoms in total. The second-order valence-electron chi connectivity index (χ2n) is 5.08. The van der Waals surface area contributed by atoms with Gasteiger partial charge >= 0.3 is 0 Å². The van der Waals surface area contributed by atoms with E-state index in [-0.39, 0.29) is 16.6 Å². The fourth-order valence-electron chi connectivity index (χ4n) is 2.60. The van der Waals surface area contributed by atoms with Gasteiger partial charge in [0, 0.05) is 5.02 Å². The highest BCUT2D eigenvalue weighted by Crippen LogP contribution is 2.61. The van der Waals surface area contributed by atoms with Gasteiger partial charge in [0.15, 0.2) is 0 Å². The zero-order chi connectivity index (χ0) is 14.5. The largest absolute Gasteiger partial charge is 0.231 e. The zero-order valence-electron chi connectivity index (χ0n) is 10.6. The Balaban J connectivity index is 1.96. The van der Waals surface area contributed by atoms with Crippen molar-refractivity contribution in [2.45, 2.75) is 18.5 Å². The van der Waals surface area contributed by atoms with E-state index in [9.17, 15) is 4.39 Å². The minimum atomic E-state index is -0.406. The summed E-state index contributed by atoms with van der Waals surface area (Å²) in [6.07, 6.45) is 0. The summed E-state index contributed by atoms with van der Waals surface area (Å²) in [7, 11) is 0. The van der Waals surface area contributed by atoms with E-state index in [1.807, 2.05) is 34.6 Å². The smallest absolute Gasteiger partial charge is 0.142 e. The molecule has 0 radical (unpaired) electrons. The van der Waals surface area contributed by atoms with Crippen molar-refractivity contribution in [3.63, 3.8) is 0 Å². The molecular weight excluding hydrogens is 316 g/mol. The third kappa shape index (κ3) is 2.13. The molecule has 3 unspecified atom stereocenters. The van der Waals surface area contributed by atoms with Gasteiger partial charge in [-0.1, -0.05) is 54.2 Å². The van der Waals surface area contributed by atoms with Crippen molar-refractivity contribution < 1.29 is 4.39 Å². The Labute approximate surface area is 132 Å². The number of hydrogen-bond acceptors (Lipinski definition) is 2. The van der Waals surface area contributed by atoms with Crippen LogP contribution in [0.15, 0.2) is 42.5 Å². The molecule has 1 aliphatic rings. The average Bonchev–Trinajstić information content (AvgIpc) is 2.97. The molecule has 5 heteroatoms. The molecule has 0 aliphatic carbocycles. The number of rotatable bonds is 2. The first-order valence-corrected chi connectivity index (χ1v) is 7.29. The van der Waals surface area contributed by atoms with Crippen LogP contribution in [0.25, 0.3) is 0 Å². The van der Waals surface area contributed by atoms with Crippen molar-refractivity contribution >= 4 is 36.0 Å². The average molecular weight is 328 g/mol. The van der Waals surface area contributed by atoms with E-state index in [1.54, 1.807) is 6.07 Å². The summed E-state index contributed by atoms with van der Waals surface area (Å²) >= 11 is 16.1. The van der Waals surface area contributed by atoms with Crippen molar-refractivity contribution in [3.05, 3.63) is 69.5 Å². The Kier molecular flexibility index (Phi) is 3.49. The predicted octanol–water partition coefficient (Wildman–Crippen LogP) is 5.25. The molecule has 0 bridgehead atoms. The first-order valence-electron chi connectivity index (χ1n) is 6.14. The molecule has 0 saturated carbocycles. The van der Waals surface area contributed by atoms with Gasteiger partial charge in [0.2, 0.25) is 0 Å². The van der Waals surface area contributed by atoms with Crippen molar-refractivity contribution in [1.82, 2.24) is 4.31 Å². The normalized spacial score (nSPS) is 28.4. The SMILES string of the molecule is CC1(c2ccc(Cl)cc2)C(c2ccc(Cl)c(F)c2)N1S. The van der Waals surface area contributed by atoms with Crippen LogP contribution in [-0.2, 0) is 5.54 Å². The lowest BCUT2D eigenvalue weighted by Gasteiger charge is -2.10. The summed E-state index contributed by atoms with van der Waals surface area (Å²) in [5, 5.41) is 0.825. The molecule has 3 atom stereocenters. The van der Waals surface area contributed by atoms with E-state index in [2.05, 4.69) is 19.7 Å². The van der Waals surface area contributed by atoms with Gasteiger partial charge in [0.1, 0.15) is 5.82 Å². The molecule has 0 aromatic heterocycles. The monoisotopic (exact) mass is 327 g/mol. The molecule has 1 aliphatic heterocycles. The second-order valence-corrected chi connectivity index (χ2v) is 6.35. The maximum absolute atomic E-state index is 13.6.